The van der Waals surface area contributed by atoms with Gasteiger partial charge in [-0.1, -0.05) is 0 Å². The second kappa shape index (κ2) is 8.47. The highest BCUT2D eigenvalue weighted by atomic mass is 16.7. The lowest BCUT2D eigenvalue weighted by molar-refractivity contribution is -0.292. The molecule has 0 aliphatic carbocycles. The van der Waals surface area contributed by atoms with Crippen LogP contribution >= 0.6 is 0 Å². The molecule has 0 amide bonds. The zero-order chi connectivity index (χ0) is 16.8. The van der Waals surface area contributed by atoms with E-state index in [0.29, 0.717) is 18.0 Å². The van der Waals surface area contributed by atoms with E-state index in [9.17, 15) is 0 Å². The molecule has 130 valence electrons. The number of benzene rings is 1. The summed E-state index contributed by atoms with van der Waals surface area (Å²) in [5.74, 6) is 0.633. The first-order chi connectivity index (χ1) is 11.1. The number of hydrogen-bond donors (Lipinski definition) is 1. The van der Waals surface area contributed by atoms with E-state index in [-0.39, 0.29) is 18.3 Å². The quantitative estimate of drug-likeness (QED) is 0.750. The van der Waals surface area contributed by atoms with Gasteiger partial charge in [0.1, 0.15) is 30.2 Å². The Morgan fingerprint density at radius 1 is 0.913 bits per heavy atom. The number of anilines is 1. The molecule has 1 aromatic rings. The Morgan fingerprint density at radius 2 is 1.52 bits per heavy atom. The summed E-state index contributed by atoms with van der Waals surface area (Å²) in [5.41, 5.74) is 6.35. The van der Waals surface area contributed by atoms with Gasteiger partial charge in [0, 0.05) is 34.1 Å². The van der Waals surface area contributed by atoms with Gasteiger partial charge in [0.2, 0.25) is 6.29 Å². The van der Waals surface area contributed by atoms with Crippen LogP contribution in [-0.2, 0) is 23.7 Å². The van der Waals surface area contributed by atoms with Gasteiger partial charge in [-0.25, -0.2) is 0 Å². The summed E-state index contributed by atoms with van der Waals surface area (Å²) < 4.78 is 33.8. The van der Waals surface area contributed by atoms with Crippen molar-refractivity contribution in [2.24, 2.45) is 0 Å². The van der Waals surface area contributed by atoms with Gasteiger partial charge >= 0.3 is 0 Å². The Labute approximate surface area is 136 Å². The Balaban J connectivity index is 2.19. The molecular weight excluding hydrogens is 302 g/mol. The maximum Gasteiger partial charge on any atom is 0.229 e. The first-order valence-corrected chi connectivity index (χ1v) is 7.39. The number of methoxy groups -OCH3 is 4. The molecule has 0 aromatic heterocycles. The van der Waals surface area contributed by atoms with E-state index in [2.05, 4.69) is 0 Å². The molecule has 0 bridgehead atoms. The SMILES string of the molecule is COC[C@H]1O[C@@H](Oc2ccc(N)cc2)[C@H](OC)[C@@H](OC)[C@@H]1OC. The van der Waals surface area contributed by atoms with Crippen LogP contribution in [0.3, 0.4) is 0 Å². The van der Waals surface area contributed by atoms with Crippen LogP contribution in [0.5, 0.6) is 5.75 Å². The number of rotatable bonds is 7. The first-order valence-electron chi connectivity index (χ1n) is 7.39. The van der Waals surface area contributed by atoms with E-state index in [1.165, 1.54) is 0 Å². The van der Waals surface area contributed by atoms with Crippen molar-refractivity contribution in [3.05, 3.63) is 24.3 Å². The molecule has 1 heterocycles. The molecule has 1 aliphatic rings. The topological polar surface area (TPSA) is 81.4 Å². The first kappa shape index (κ1) is 18.0. The fourth-order valence-corrected chi connectivity index (χ4v) is 2.75. The normalized spacial score (nSPS) is 31.0. The summed E-state index contributed by atoms with van der Waals surface area (Å²) in [7, 11) is 6.41. The van der Waals surface area contributed by atoms with E-state index < -0.39 is 12.4 Å². The second-order valence-electron chi connectivity index (χ2n) is 5.29. The van der Waals surface area contributed by atoms with Crippen LogP contribution in [0.4, 0.5) is 5.69 Å². The third-order valence-corrected chi connectivity index (χ3v) is 3.87. The molecule has 2 N–H and O–H groups in total. The standard InChI is InChI=1S/C16H25NO6/c1-18-9-12-13(19-2)14(20-3)15(21-4)16(23-12)22-11-7-5-10(17)6-8-11/h5-8,12-16H,9,17H2,1-4H3/t12-,13-,14+,15-,16-/m1/s1. The summed E-state index contributed by atoms with van der Waals surface area (Å²) in [5, 5.41) is 0. The van der Waals surface area contributed by atoms with Crippen LogP contribution in [-0.4, -0.2) is 65.8 Å². The molecule has 1 saturated heterocycles. The van der Waals surface area contributed by atoms with Crippen molar-refractivity contribution in [1.82, 2.24) is 0 Å². The van der Waals surface area contributed by atoms with E-state index in [4.69, 9.17) is 34.2 Å². The number of nitrogens with two attached hydrogens (primary N) is 1. The van der Waals surface area contributed by atoms with E-state index >= 15 is 0 Å². The molecule has 0 spiro atoms. The van der Waals surface area contributed by atoms with Crippen LogP contribution in [0.2, 0.25) is 0 Å². The van der Waals surface area contributed by atoms with Crippen molar-refractivity contribution < 1.29 is 28.4 Å². The zero-order valence-corrected chi connectivity index (χ0v) is 13.9. The van der Waals surface area contributed by atoms with Gasteiger partial charge in [-0.3, -0.25) is 0 Å². The van der Waals surface area contributed by atoms with Gasteiger partial charge in [-0.2, -0.15) is 0 Å². The van der Waals surface area contributed by atoms with E-state index in [0.717, 1.165) is 0 Å². The predicted molar refractivity (Wildman–Crippen MR) is 84.4 cm³/mol. The maximum atomic E-state index is 5.99. The Bertz CT molecular complexity index is 468. The van der Waals surface area contributed by atoms with Crippen molar-refractivity contribution in [2.75, 3.05) is 40.8 Å². The van der Waals surface area contributed by atoms with Crippen molar-refractivity contribution in [3.63, 3.8) is 0 Å². The fraction of sp³-hybridized carbons (Fsp3) is 0.625. The summed E-state index contributed by atoms with van der Waals surface area (Å²) in [4.78, 5) is 0. The smallest absolute Gasteiger partial charge is 0.229 e. The molecule has 7 nitrogen and oxygen atoms in total. The number of nitrogen functional groups attached to an aromatic ring is 1. The van der Waals surface area contributed by atoms with Gasteiger partial charge in [0.25, 0.3) is 0 Å². The average Bonchev–Trinajstić information content (AvgIpc) is 2.56. The number of hydrogen-bond acceptors (Lipinski definition) is 7. The van der Waals surface area contributed by atoms with Gasteiger partial charge in [-0.05, 0) is 24.3 Å². The minimum Gasteiger partial charge on any atom is -0.462 e. The van der Waals surface area contributed by atoms with Crippen LogP contribution in [0, 0.1) is 0 Å². The van der Waals surface area contributed by atoms with Crippen LogP contribution in [0.15, 0.2) is 24.3 Å². The van der Waals surface area contributed by atoms with Crippen LogP contribution < -0.4 is 10.5 Å². The average molecular weight is 327 g/mol. The third-order valence-electron chi connectivity index (χ3n) is 3.87. The molecule has 1 fully saturated rings. The Morgan fingerprint density at radius 3 is 2.04 bits per heavy atom. The highest BCUT2D eigenvalue weighted by Crippen LogP contribution is 2.29. The molecule has 1 aliphatic heterocycles. The van der Waals surface area contributed by atoms with Crippen LogP contribution in [0.1, 0.15) is 0 Å². The molecule has 5 atom stereocenters. The third kappa shape index (κ3) is 4.13. The molecule has 0 radical (unpaired) electrons. The minimum absolute atomic E-state index is 0.323. The summed E-state index contributed by atoms with van der Waals surface area (Å²) >= 11 is 0. The van der Waals surface area contributed by atoms with Gasteiger partial charge in [-0.15, -0.1) is 0 Å². The van der Waals surface area contributed by atoms with E-state index in [1.807, 2.05) is 0 Å². The van der Waals surface area contributed by atoms with Gasteiger partial charge in [0.05, 0.1) is 6.61 Å². The minimum atomic E-state index is -0.653. The molecule has 2 rings (SSSR count). The Hall–Kier alpha value is -1.38. The Kier molecular flexibility index (Phi) is 6.61. The molecule has 0 saturated carbocycles. The summed E-state index contributed by atoms with van der Waals surface area (Å²) in [6.45, 7) is 0.358. The van der Waals surface area contributed by atoms with Crippen molar-refractivity contribution in [3.8, 4) is 5.75 Å². The predicted octanol–water partition coefficient (Wildman–Crippen LogP) is 1.06. The zero-order valence-electron chi connectivity index (χ0n) is 13.9. The maximum absolute atomic E-state index is 5.99. The molecule has 0 unspecified atom stereocenters. The van der Waals surface area contributed by atoms with Crippen molar-refractivity contribution in [2.45, 2.75) is 30.7 Å². The highest BCUT2D eigenvalue weighted by molar-refractivity contribution is 5.41. The van der Waals surface area contributed by atoms with E-state index in [1.54, 1.807) is 52.7 Å². The van der Waals surface area contributed by atoms with Crippen molar-refractivity contribution >= 4 is 5.69 Å². The molecule has 7 heteroatoms. The summed E-state index contributed by atoms with van der Waals surface area (Å²) in [6.07, 6.45) is -2.11. The monoisotopic (exact) mass is 327 g/mol. The lowest BCUT2D eigenvalue weighted by atomic mass is 9.98. The molecular formula is C16H25NO6. The van der Waals surface area contributed by atoms with Crippen LogP contribution in [0.25, 0.3) is 0 Å². The van der Waals surface area contributed by atoms with Gasteiger partial charge < -0.3 is 34.2 Å². The number of ether oxygens (including phenoxy) is 6. The molecule has 1 aromatic carbocycles. The second-order valence-corrected chi connectivity index (χ2v) is 5.29. The van der Waals surface area contributed by atoms with Crippen molar-refractivity contribution in [1.29, 1.82) is 0 Å². The largest absolute Gasteiger partial charge is 0.462 e. The lowest BCUT2D eigenvalue weighted by Gasteiger charge is -2.44. The summed E-state index contributed by atoms with van der Waals surface area (Å²) in [6, 6.07) is 7.08. The lowest BCUT2D eigenvalue weighted by Crippen LogP contribution is -2.62. The highest BCUT2D eigenvalue weighted by Gasteiger charge is 2.48. The molecule has 23 heavy (non-hydrogen) atoms. The fourth-order valence-electron chi connectivity index (χ4n) is 2.75. The van der Waals surface area contributed by atoms with Gasteiger partial charge in [0.15, 0.2) is 0 Å².